The van der Waals surface area contributed by atoms with Crippen molar-refractivity contribution in [2.75, 3.05) is 11.5 Å². The fourth-order valence-corrected chi connectivity index (χ4v) is 2.08. The van der Waals surface area contributed by atoms with E-state index in [0.29, 0.717) is 6.42 Å². The van der Waals surface area contributed by atoms with E-state index in [2.05, 4.69) is 6.92 Å². The average Bonchev–Trinajstić information content (AvgIpc) is 2.19. The molecule has 3 heteroatoms. The number of thioether (sulfide) groups is 1. The summed E-state index contributed by atoms with van der Waals surface area (Å²) in [6, 6.07) is 4.71. The molecule has 0 saturated heterocycles. The van der Waals surface area contributed by atoms with Crippen molar-refractivity contribution in [3.8, 4) is 0 Å². The van der Waals surface area contributed by atoms with Crippen LogP contribution in [0.25, 0.3) is 0 Å². The van der Waals surface area contributed by atoms with Gasteiger partial charge in [0.25, 0.3) is 0 Å². The summed E-state index contributed by atoms with van der Waals surface area (Å²) in [4.78, 5) is 0. The number of hydrogen-bond acceptors (Lipinski definition) is 2. The Morgan fingerprint density at radius 2 is 2.20 bits per heavy atom. The Labute approximate surface area is 94.7 Å². The summed E-state index contributed by atoms with van der Waals surface area (Å²) in [6.45, 7) is 3.94. The zero-order valence-corrected chi connectivity index (χ0v) is 9.98. The molecule has 1 atom stereocenters. The first-order valence-electron chi connectivity index (χ1n) is 5.14. The Kier molecular flexibility index (Phi) is 5.12. The second-order valence-corrected chi connectivity index (χ2v) is 4.91. The number of halogens is 1. The molecule has 1 aromatic carbocycles. The first-order chi connectivity index (χ1) is 7.13. The predicted octanol–water partition coefficient (Wildman–Crippen LogP) is 2.79. The van der Waals surface area contributed by atoms with Crippen LogP contribution in [0.5, 0.6) is 0 Å². The lowest BCUT2D eigenvalue weighted by Crippen LogP contribution is -2.14. The fraction of sp³-hybridized carbons (Fsp3) is 0.500. The van der Waals surface area contributed by atoms with Crippen LogP contribution in [-0.2, 0) is 6.42 Å². The van der Waals surface area contributed by atoms with Crippen molar-refractivity contribution in [1.29, 1.82) is 0 Å². The van der Waals surface area contributed by atoms with Gasteiger partial charge in [0.15, 0.2) is 0 Å². The van der Waals surface area contributed by atoms with Crippen LogP contribution < -0.4 is 0 Å². The minimum absolute atomic E-state index is 0.214. The highest BCUT2D eigenvalue weighted by Crippen LogP contribution is 2.14. The van der Waals surface area contributed by atoms with Gasteiger partial charge < -0.3 is 5.11 Å². The van der Waals surface area contributed by atoms with E-state index < -0.39 is 0 Å². The van der Waals surface area contributed by atoms with Crippen molar-refractivity contribution in [2.24, 2.45) is 0 Å². The number of aryl methyl sites for hydroxylation is 1. The van der Waals surface area contributed by atoms with Gasteiger partial charge in [-0.15, -0.1) is 0 Å². The first-order valence-corrected chi connectivity index (χ1v) is 6.29. The van der Waals surface area contributed by atoms with E-state index in [1.165, 1.54) is 12.1 Å². The van der Waals surface area contributed by atoms with E-state index >= 15 is 0 Å². The third kappa shape index (κ3) is 4.22. The summed E-state index contributed by atoms with van der Waals surface area (Å²) >= 11 is 1.72. The Morgan fingerprint density at radius 3 is 2.80 bits per heavy atom. The highest BCUT2D eigenvalue weighted by atomic mass is 32.2. The number of benzene rings is 1. The maximum atomic E-state index is 12.8. The topological polar surface area (TPSA) is 20.2 Å². The lowest BCUT2D eigenvalue weighted by molar-refractivity contribution is 0.200. The Bertz CT molecular complexity index is 314. The molecule has 1 unspecified atom stereocenters. The van der Waals surface area contributed by atoms with Crippen LogP contribution in [0.15, 0.2) is 18.2 Å². The highest BCUT2D eigenvalue weighted by Gasteiger charge is 2.07. The second-order valence-electron chi connectivity index (χ2n) is 3.59. The SMILES string of the molecule is CCSCC(O)Cc1ccc(F)cc1C. The van der Waals surface area contributed by atoms with E-state index in [-0.39, 0.29) is 11.9 Å². The molecule has 1 N–H and O–H groups in total. The quantitative estimate of drug-likeness (QED) is 0.836. The monoisotopic (exact) mass is 228 g/mol. The van der Waals surface area contributed by atoms with Crippen molar-refractivity contribution < 1.29 is 9.50 Å². The molecule has 0 bridgehead atoms. The van der Waals surface area contributed by atoms with Gasteiger partial charge in [-0.25, -0.2) is 4.39 Å². The molecule has 0 aromatic heterocycles. The van der Waals surface area contributed by atoms with Gasteiger partial charge >= 0.3 is 0 Å². The van der Waals surface area contributed by atoms with Crippen molar-refractivity contribution in [2.45, 2.75) is 26.4 Å². The van der Waals surface area contributed by atoms with Gasteiger partial charge in [-0.1, -0.05) is 13.0 Å². The van der Waals surface area contributed by atoms with E-state index in [9.17, 15) is 9.50 Å². The molecule has 1 nitrogen and oxygen atoms in total. The van der Waals surface area contributed by atoms with Gasteiger partial charge in [0, 0.05) is 5.75 Å². The van der Waals surface area contributed by atoms with Crippen LogP contribution in [0.3, 0.4) is 0 Å². The van der Waals surface area contributed by atoms with Gasteiger partial charge in [-0.2, -0.15) is 11.8 Å². The molecule has 1 aromatic rings. The van der Waals surface area contributed by atoms with Crippen LogP contribution in [0.4, 0.5) is 4.39 Å². The summed E-state index contributed by atoms with van der Waals surface area (Å²) in [5.74, 6) is 1.54. The Morgan fingerprint density at radius 1 is 1.47 bits per heavy atom. The summed E-state index contributed by atoms with van der Waals surface area (Å²) in [5.41, 5.74) is 1.94. The molecule has 0 aliphatic carbocycles. The minimum atomic E-state index is -0.334. The van der Waals surface area contributed by atoms with Crippen molar-refractivity contribution in [3.63, 3.8) is 0 Å². The molecule has 0 aliphatic heterocycles. The molecular formula is C12H17FOS. The van der Waals surface area contributed by atoms with Crippen LogP contribution >= 0.6 is 11.8 Å². The van der Waals surface area contributed by atoms with Crippen molar-refractivity contribution in [3.05, 3.63) is 35.1 Å². The summed E-state index contributed by atoms with van der Waals surface area (Å²) in [5, 5.41) is 9.71. The maximum Gasteiger partial charge on any atom is 0.123 e. The molecule has 0 amide bonds. The molecule has 1 rings (SSSR count). The van der Waals surface area contributed by atoms with E-state index in [0.717, 1.165) is 22.6 Å². The first kappa shape index (κ1) is 12.5. The average molecular weight is 228 g/mol. The molecule has 0 radical (unpaired) electrons. The van der Waals surface area contributed by atoms with Crippen LogP contribution in [0, 0.1) is 12.7 Å². The number of aliphatic hydroxyl groups is 1. The van der Waals surface area contributed by atoms with Gasteiger partial charge in [-0.05, 0) is 42.4 Å². The fourth-order valence-electron chi connectivity index (χ4n) is 1.45. The van der Waals surface area contributed by atoms with Crippen LogP contribution in [-0.4, -0.2) is 22.7 Å². The largest absolute Gasteiger partial charge is 0.392 e. The molecule has 0 saturated carbocycles. The smallest absolute Gasteiger partial charge is 0.123 e. The van der Waals surface area contributed by atoms with Crippen molar-refractivity contribution in [1.82, 2.24) is 0 Å². The lowest BCUT2D eigenvalue weighted by atomic mass is 10.0. The number of rotatable bonds is 5. The van der Waals surface area contributed by atoms with Crippen LogP contribution in [0.2, 0.25) is 0 Å². The second kappa shape index (κ2) is 6.13. The molecule has 0 spiro atoms. The molecule has 0 aliphatic rings. The standard InChI is InChI=1S/C12H17FOS/c1-3-15-8-12(14)7-10-4-5-11(13)6-9(10)2/h4-6,12,14H,3,7-8H2,1-2H3. The predicted molar refractivity (Wildman–Crippen MR) is 63.8 cm³/mol. The van der Waals surface area contributed by atoms with Crippen LogP contribution in [0.1, 0.15) is 18.1 Å². The number of hydrogen-bond donors (Lipinski definition) is 1. The third-order valence-electron chi connectivity index (χ3n) is 2.27. The number of aliphatic hydroxyl groups excluding tert-OH is 1. The Balaban J connectivity index is 2.56. The van der Waals surface area contributed by atoms with Gasteiger partial charge in [0.2, 0.25) is 0 Å². The molecule has 0 fully saturated rings. The molecule has 84 valence electrons. The van der Waals surface area contributed by atoms with Gasteiger partial charge in [0.05, 0.1) is 6.10 Å². The molecule has 0 heterocycles. The van der Waals surface area contributed by atoms with Gasteiger partial charge in [0.1, 0.15) is 5.82 Å². The Hall–Kier alpha value is -0.540. The molecular weight excluding hydrogens is 211 g/mol. The van der Waals surface area contributed by atoms with Gasteiger partial charge in [-0.3, -0.25) is 0 Å². The summed E-state index contributed by atoms with van der Waals surface area (Å²) in [6.07, 6.45) is 0.276. The zero-order chi connectivity index (χ0) is 11.3. The zero-order valence-electron chi connectivity index (χ0n) is 9.16. The lowest BCUT2D eigenvalue weighted by Gasteiger charge is -2.11. The van der Waals surface area contributed by atoms with E-state index in [1.54, 1.807) is 17.8 Å². The summed E-state index contributed by atoms with van der Waals surface area (Å²) in [7, 11) is 0. The third-order valence-corrected chi connectivity index (χ3v) is 3.30. The normalized spacial score (nSPS) is 12.8. The maximum absolute atomic E-state index is 12.8. The summed E-state index contributed by atoms with van der Waals surface area (Å²) < 4.78 is 12.8. The molecule has 15 heavy (non-hydrogen) atoms. The highest BCUT2D eigenvalue weighted by molar-refractivity contribution is 7.99. The van der Waals surface area contributed by atoms with Crippen molar-refractivity contribution >= 4 is 11.8 Å². The minimum Gasteiger partial charge on any atom is -0.392 e. The van der Waals surface area contributed by atoms with E-state index in [1.807, 2.05) is 6.92 Å². The van der Waals surface area contributed by atoms with E-state index in [4.69, 9.17) is 0 Å².